The summed E-state index contributed by atoms with van der Waals surface area (Å²) >= 11 is 1.53. The monoisotopic (exact) mass is 428 g/mol. The van der Waals surface area contributed by atoms with E-state index >= 15 is 0 Å². The second-order valence-corrected chi connectivity index (χ2v) is 7.42. The number of nitrogens with one attached hydrogen (secondary N) is 2. The van der Waals surface area contributed by atoms with E-state index in [-0.39, 0.29) is 6.61 Å². The van der Waals surface area contributed by atoms with Crippen LogP contribution in [0.15, 0.2) is 72.1 Å². The Labute approximate surface area is 181 Å². The quantitative estimate of drug-likeness (QED) is 0.472. The molecular formula is C23H16N4O3S. The van der Waals surface area contributed by atoms with Crippen LogP contribution in [0.1, 0.15) is 15.9 Å². The van der Waals surface area contributed by atoms with Crippen LogP contribution in [0.4, 0.5) is 0 Å². The van der Waals surface area contributed by atoms with Crippen LogP contribution in [0, 0.1) is 11.3 Å². The lowest BCUT2D eigenvalue weighted by atomic mass is 10.1. The lowest BCUT2D eigenvalue weighted by Crippen LogP contribution is -2.43. The Morgan fingerprint density at radius 3 is 2.58 bits per heavy atom. The Hall–Kier alpha value is -4.22. The van der Waals surface area contributed by atoms with Crippen molar-refractivity contribution in [2.45, 2.75) is 0 Å². The topological polar surface area (TPSA) is 104 Å². The minimum atomic E-state index is -0.519. The van der Waals surface area contributed by atoms with Gasteiger partial charge in [-0.05, 0) is 47.8 Å². The fourth-order valence-corrected chi connectivity index (χ4v) is 3.60. The number of nitrogens with zero attached hydrogens (tertiary/aromatic N) is 2. The number of ether oxygens (including phenoxy) is 1. The number of carbonyl (C=O) groups is 2. The maximum absolute atomic E-state index is 12.8. The highest BCUT2D eigenvalue weighted by Crippen LogP contribution is 2.27. The van der Waals surface area contributed by atoms with E-state index in [0.29, 0.717) is 33.5 Å². The van der Waals surface area contributed by atoms with Crippen molar-refractivity contribution in [2.24, 2.45) is 0 Å². The van der Waals surface area contributed by atoms with Crippen LogP contribution < -0.4 is 15.6 Å². The standard InChI is InChI=1S/C23H16N4O3S/c24-13-15-7-9-16(10-8-15)30-14-22(28)26-27-23(29)18-12-20(21-6-3-11-31-21)25-19-5-2-1-4-17(18)19/h1-12H,14H2,(H,26,28)(H,27,29). The van der Waals surface area contributed by atoms with E-state index in [1.54, 1.807) is 30.3 Å². The Kier molecular flexibility index (Phi) is 5.87. The van der Waals surface area contributed by atoms with Gasteiger partial charge in [-0.2, -0.15) is 5.26 Å². The number of thiophene rings is 1. The van der Waals surface area contributed by atoms with Crippen LogP contribution in [-0.4, -0.2) is 23.4 Å². The lowest BCUT2D eigenvalue weighted by Gasteiger charge is -2.11. The third-order valence-corrected chi connectivity index (χ3v) is 5.30. The number of rotatable bonds is 5. The first-order valence-electron chi connectivity index (χ1n) is 9.30. The summed E-state index contributed by atoms with van der Waals surface area (Å²) in [5.41, 5.74) is 7.07. The van der Waals surface area contributed by atoms with E-state index in [1.165, 1.54) is 11.3 Å². The molecule has 31 heavy (non-hydrogen) atoms. The van der Waals surface area contributed by atoms with Gasteiger partial charge in [0.1, 0.15) is 5.75 Å². The lowest BCUT2D eigenvalue weighted by molar-refractivity contribution is -0.123. The summed E-state index contributed by atoms with van der Waals surface area (Å²) in [6.45, 7) is -0.288. The molecule has 2 aromatic carbocycles. The molecule has 152 valence electrons. The first-order chi connectivity index (χ1) is 15.1. The van der Waals surface area contributed by atoms with Crippen molar-refractivity contribution in [1.82, 2.24) is 15.8 Å². The molecule has 0 radical (unpaired) electrons. The second kappa shape index (κ2) is 9.07. The van der Waals surface area contributed by atoms with Crippen molar-refractivity contribution in [1.29, 1.82) is 5.26 Å². The molecule has 8 heteroatoms. The minimum Gasteiger partial charge on any atom is -0.484 e. The van der Waals surface area contributed by atoms with Crippen molar-refractivity contribution in [3.8, 4) is 22.4 Å². The molecule has 4 rings (SSSR count). The fourth-order valence-electron chi connectivity index (χ4n) is 2.92. The van der Waals surface area contributed by atoms with Gasteiger partial charge in [0.2, 0.25) is 0 Å². The van der Waals surface area contributed by atoms with Crippen LogP contribution in [0.25, 0.3) is 21.5 Å². The average Bonchev–Trinajstić information content (AvgIpc) is 3.36. The second-order valence-electron chi connectivity index (χ2n) is 6.48. The smallest absolute Gasteiger partial charge is 0.276 e. The van der Waals surface area contributed by atoms with Crippen molar-refractivity contribution in [3.05, 3.63) is 83.2 Å². The van der Waals surface area contributed by atoms with Gasteiger partial charge >= 0.3 is 0 Å². The number of para-hydroxylation sites is 1. The summed E-state index contributed by atoms with van der Waals surface area (Å²) in [5.74, 6) is -0.529. The molecule has 4 aromatic rings. The molecular weight excluding hydrogens is 412 g/mol. The summed E-state index contributed by atoms with van der Waals surface area (Å²) in [6.07, 6.45) is 0. The van der Waals surface area contributed by atoms with Crippen molar-refractivity contribution in [2.75, 3.05) is 6.61 Å². The molecule has 0 bridgehead atoms. The van der Waals surface area contributed by atoms with E-state index in [1.807, 2.05) is 47.8 Å². The Bertz CT molecular complexity index is 1280. The summed E-state index contributed by atoms with van der Waals surface area (Å²) in [7, 11) is 0. The zero-order chi connectivity index (χ0) is 21.6. The number of amides is 2. The normalized spacial score (nSPS) is 10.3. The molecule has 2 N–H and O–H groups in total. The fraction of sp³-hybridized carbons (Fsp3) is 0.0435. The Balaban J connectivity index is 1.44. The van der Waals surface area contributed by atoms with Gasteiger partial charge in [0.05, 0.1) is 33.3 Å². The number of pyridine rings is 1. The van der Waals surface area contributed by atoms with Crippen LogP contribution >= 0.6 is 11.3 Å². The molecule has 0 unspecified atom stereocenters. The van der Waals surface area contributed by atoms with Crippen molar-refractivity contribution >= 4 is 34.1 Å². The third kappa shape index (κ3) is 4.69. The van der Waals surface area contributed by atoms with E-state index in [2.05, 4.69) is 15.8 Å². The zero-order valence-electron chi connectivity index (χ0n) is 16.2. The number of hydrogen-bond acceptors (Lipinski definition) is 6. The van der Waals surface area contributed by atoms with Gasteiger partial charge in [0, 0.05) is 5.39 Å². The number of hydrazine groups is 1. The minimum absolute atomic E-state index is 0.288. The highest BCUT2D eigenvalue weighted by molar-refractivity contribution is 7.13. The van der Waals surface area contributed by atoms with Gasteiger partial charge in [-0.3, -0.25) is 20.4 Å². The van der Waals surface area contributed by atoms with Crippen molar-refractivity contribution in [3.63, 3.8) is 0 Å². The number of carbonyl (C=O) groups excluding carboxylic acids is 2. The molecule has 0 aliphatic carbocycles. The van der Waals surface area contributed by atoms with Gasteiger partial charge in [-0.15, -0.1) is 11.3 Å². The molecule has 2 aromatic heterocycles. The SMILES string of the molecule is N#Cc1ccc(OCC(=O)NNC(=O)c2cc(-c3cccs3)nc3ccccc23)cc1. The predicted octanol–water partition coefficient (Wildman–Crippen LogP) is 3.67. The van der Waals surface area contributed by atoms with Crippen LogP contribution in [0.3, 0.4) is 0 Å². The van der Waals surface area contributed by atoms with Gasteiger partial charge in [-0.1, -0.05) is 24.3 Å². The first kappa shape index (κ1) is 20.1. The van der Waals surface area contributed by atoms with Gasteiger partial charge < -0.3 is 4.74 Å². The van der Waals surface area contributed by atoms with E-state index in [4.69, 9.17) is 10.00 Å². The highest BCUT2D eigenvalue weighted by atomic mass is 32.1. The maximum Gasteiger partial charge on any atom is 0.276 e. The molecule has 0 aliphatic rings. The Morgan fingerprint density at radius 2 is 1.84 bits per heavy atom. The Morgan fingerprint density at radius 1 is 1.03 bits per heavy atom. The third-order valence-electron chi connectivity index (χ3n) is 4.40. The van der Waals surface area contributed by atoms with Gasteiger partial charge in [0.25, 0.3) is 11.8 Å². The summed E-state index contributed by atoms with van der Waals surface area (Å²) in [5, 5.41) is 11.4. The first-order valence-corrected chi connectivity index (χ1v) is 10.2. The number of nitriles is 1. The highest BCUT2D eigenvalue weighted by Gasteiger charge is 2.15. The molecule has 0 spiro atoms. The van der Waals surface area contributed by atoms with Crippen LogP contribution in [0.5, 0.6) is 5.75 Å². The summed E-state index contributed by atoms with van der Waals surface area (Å²) < 4.78 is 5.36. The largest absolute Gasteiger partial charge is 0.484 e. The molecule has 0 atom stereocenters. The molecule has 0 saturated heterocycles. The zero-order valence-corrected chi connectivity index (χ0v) is 17.0. The number of fused-ring (bicyclic) bond motifs is 1. The van der Waals surface area contributed by atoms with Gasteiger partial charge in [0.15, 0.2) is 6.61 Å². The maximum atomic E-state index is 12.8. The molecule has 0 saturated carbocycles. The molecule has 0 fully saturated rings. The molecule has 0 aliphatic heterocycles. The summed E-state index contributed by atoms with van der Waals surface area (Å²) in [6, 6.07) is 21.3. The van der Waals surface area contributed by atoms with Crippen LogP contribution in [0.2, 0.25) is 0 Å². The van der Waals surface area contributed by atoms with Crippen LogP contribution in [-0.2, 0) is 4.79 Å². The summed E-state index contributed by atoms with van der Waals surface area (Å²) in [4.78, 5) is 30.5. The number of hydrogen-bond donors (Lipinski definition) is 2. The van der Waals surface area contributed by atoms with E-state index in [0.717, 1.165) is 4.88 Å². The number of benzene rings is 2. The van der Waals surface area contributed by atoms with E-state index in [9.17, 15) is 9.59 Å². The van der Waals surface area contributed by atoms with Crippen molar-refractivity contribution < 1.29 is 14.3 Å². The molecule has 2 amide bonds. The van der Waals surface area contributed by atoms with Gasteiger partial charge in [-0.25, -0.2) is 4.98 Å². The predicted molar refractivity (Wildman–Crippen MR) is 117 cm³/mol. The average molecular weight is 428 g/mol. The van der Waals surface area contributed by atoms with E-state index < -0.39 is 11.8 Å². The molecule has 2 heterocycles. The number of aromatic nitrogens is 1. The molecule has 7 nitrogen and oxygen atoms in total.